The fraction of sp³-hybridized carbons (Fsp3) is 0.793. The summed E-state index contributed by atoms with van der Waals surface area (Å²) in [7, 11) is 0. The normalized spacial score (nSPS) is 30.8. The SMILES string of the molecule is CC(=O)N[C@H]1[C@H](OCCCC(=O)NCCCC[C@H](N)C(=O)NCC(=O)N[C@@H](CCCN=C(N)N)C(=O)NCC(=O)N[C@@H](CC(=O)O)C(=O)N[C@@H](CO)C(=O)O)O[C@H](CO)[C@@H](O[C@@H]2O[C@H](CO)[C@H](O)[C@H](O[C@]3(C(=O)O)C[C@H](O)[C@@H](NC(C)=O)[C@H]([C@H](O)[C@H](O)CO)O3)[C@H]2O)[C@@H]1O[C@@H]1O[C@@H](C)[C@@H](O)[C@@H](O)[C@@H]1O. The van der Waals surface area contributed by atoms with Crippen LogP contribution in [0, 0.1) is 0 Å². The molecule has 594 valence electrons. The van der Waals surface area contributed by atoms with Gasteiger partial charge in [-0.25, -0.2) is 9.59 Å². The predicted octanol–water partition coefficient (Wildman–Crippen LogP) is -14.5. The smallest absolute Gasteiger partial charge is 0.364 e. The van der Waals surface area contributed by atoms with Gasteiger partial charge >= 0.3 is 17.9 Å². The molecule has 46 nitrogen and oxygen atoms in total. The number of carboxylic acid groups (broad SMARTS) is 3. The second kappa shape index (κ2) is 42.7. The Morgan fingerprint density at radius 3 is 1.78 bits per heavy atom. The number of aliphatic imine (C=N–C) groups is 1. The average Bonchev–Trinajstić information content (AvgIpc) is 0.754. The Labute approximate surface area is 591 Å². The molecule has 4 heterocycles. The second-order valence-electron chi connectivity index (χ2n) is 24.7. The molecule has 4 aliphatic rings. The maximum absolute atomic E-state index is 13.2. The topological polar surface area (TPSA) is 752 Å². The first-order chi connectivity index (χ1) is 48.9. The lowest BCUT2D eigenvalue weighted by atomic mass is 9.88. The van der Waals surface area contributed by atoms with Crippen LogP contribution in [-0.2, 0) is 90.6 Å². The van der Waals surface area contributed by atoms with E-state index in [-0.39, 0.29) is 70.6 Å². The molecule has 8 amide bonds. The fourth-order valence-corrected chi connectivity index (χ4v) is 11.2. The molecule has 4 saturated heterocycles. The average molecular weight is 1510 g/mol. The van der Waals surface area contributed by atoms with Crippen molar-refractivity contribution >= 4 is 71.1 Å². The minimum Gasteiger partial charge on any atom is -0.481 e. The van der Waals surface area contributed by atoms with Crippen LogP contribution < -0.4 is 59.7 Å². The van der Waals surface area contributed by atoms with Gasteiger partial charge in [0.15, 0.2) is 24.8 Å². The van der Waals surface area contributed by atoms with Gasteiger partial charge in [0.05, 0.1) is 76.8 Å². The van der Waals surface area contributed by atoms with Crippen LogP contribution >= 0.6 is 0 Å². The van der Waals surface area contributed by atoms with Gasteiger partial charge in [-0.2, -0.15) is 0 Å². The molecule has 29 N–H and O–H groups in total. The summed E-state index contributed by atoms with van der Waals surface area (Å²) in [6.45, 7) is -2.94. The highest BCUT2D eigenvalue weighted by Gasteiger charge is 2.61. The van der Waals surface area contributed by atoms with E-state index in [2.05, 4.69) is 36.9 Å². The number of aliphatic hydroxyl groups excluding tert-OH is 12. The molecule has 25 atom stereocenters. The molecule has 4 fully saturated rings. The van der Waals surface area contributed by atoms with Crippen LogP contribution in [0.25, 0.3) is 0 Å². The Morgan fingerprint density at radius 1 is 0.606 bits per heavy atom. The highest BCUT2D eigenvalue weighted by Crippen LogP contribution is 2.39. The van der Waals surface area contributed by atoms with Gasteiger partial charge in [-0.3, -0.25) is 48.1 Å². The van der Waals surface area contributed by atoms with Crippen LogP contribution in [0.5, 0.6) is 0 Å². The van der Waals surface area contributed by atoms with E-state index in [1.807, 2.05) is 10.6 Å². The van der Waals surface area contributed by atoms with E-state index in [9.17, 15) is 124 Å². The Balaban J connectivity index is 1.39. The van der Waals surface area contributed by atoms with Gasteiger partial charge in [-0.05, 0) is 45.4 Å². The van der Waals surface area contributed by atoms with Crippen molar-refractivity contribution in [1.29, 1.82) is 0 Å². The lowest BCUT2D eigenvalue weighted by molar-refractivity contribution is -0.391. The van der Waals surface area contributed by atoms with E-state index >= 15 is 0 Å². The number of aliphatic carboxylic acids is 3. The minimum atomic E-state index is -3.21. The number of carbonyl (C=O) groups excluding carboxylic acids is 8. The van der Waals surface area contributed by atoms with Crippen LogP contribution in [0.3, 0.4) is 0 Å². The number of ether oxygens (including phenoxy) is 8. The maximum atomic E-state index is 13.2. The van der Waals surface area contributed by atoms with E-state index in [0.717, 1.165) is 13.8 Å². The number of unbranched alkanes of at least 4 members (excludes halogenated alkanes) is 1. The standard InChI is InChI=1S/C58H98N12O34/c1-22-39(84)42(87)43(88)54(98-22)102-47-38(67-24(3)76)53(100-32(21-74)45(47)101-55-44(89)48(41(86)31(20-73)99-55)104-58(56(95)96)15-29(77)37(66-23(2)75)46(103-58)40(85)30(78)19-72)97-13-7-10-33(79)62-11-5-4-8-25(59)49(90)64-16-34(80)68-26(9-6-12-63-57(60)61)50(91)65-17-35(81)69-27(14-36(82)83)51(92)70-28(18-71)52(93)94/h22,25-32,37-48,53-55,71-74,77-78,84-89H,4-21,59H2,1-3H3,(H,62,79)(H,64,90)(H,65,91)(H,66,75)(H,67,76)(H,68,80)(H,69,81)(H,70,92)(H,82,83)(H,93,94)(H,95,96)(H4,60,61,63)/t22-,25-,26-,27-,28-,29-,30+,31+,32+,37+,38+,39+,40+,41-,42+,43-,44+,45+,46+,47+,48-,53+,54-,55-,58-/m0/s1. The third-order valence-corrected chi connectivity index (χ3v) is 16.6. The van der Waals surface area contributed by atoms with Gasteiger partial charge in [0.2, 0.25) is 47.3 Å². The van der Waals surface area contributed by atoms with E-state index in [1.165, 1.54) is 6.92 Å². The van der Waals surface area contributed by atoms with E-state index in [0.29, 0.717) is 0 Å². The Morgan fingerprint density at radius 2 is 1.20 bits per heavy atom. The molecule has 104 heavy (non-hydrogen) atoms. The Kier molecular flexibility index (Phi) is 36.5. The highest BCUT2D eigenvalue weighted by atomic mass is 16.8. The van der Waals surface area contributed by atoms with Crippen LogP contribution in [0.15, 0.2) is 4.99 Å². The molecule has 0 bridgehead atoms. The molecule has 4 aliphatic heterocycles. The summed E-state index contributed by atoms with van der Waals surface area (Å²) < 4.78 is 47.4. The van der Waals surface area contributed by atoms with Crippen molar-refractivity contribution in [2.24, 2.45) is 22.2 Å². The summed E-state index contributed by atoms with van der Waals surface area (Å²) in [5.41, 5.74) is 16.8. The number of rotatable bonds is 42. The van der Waals surface area contributed by atoms with Gasteiger partial charge in [0.25, 0.3) is 5.79 Å². The van der Waals surface area contributed by atoms with Crippen LogP contribution in [0.1, 0.15) is 78.6 Å². The fourth-order valence-electron chi connectivity index (χ4n) is 11.2. The van der Waals surface area contributed by atoms with Crippen LogP contribution in [0.4, 0.5) is 0 Å². The molecule has 0 spiro atoms. The van der Waals surface area contributed by atoms with E-state index < -0.39 is 270 Å². The monoisotopic (exact) mass is 1510 g/mol. The molecule has 0 aromatic carbocycles. The van der Waals surface area contributed by atoms with Crippen molar-refractivity contribution in [3.05, 3.63) is 0 Å². The molecule has 0 aromatic rings. The number of hydrogen-bond acceptors (Lipinski definition) is 33. The van der Waals surface area contributed by atoms with Crippen LogP contribution in [-0.4, -0.2) is 359 Å². The third kappa shape index (κ3) is 26.3. The molecular formula is C58H98N12O34. The van der Waals surface area contributed by atoms with Crippen molar-refractivity contribution in [3.8, 4) is 0 Å². The second-order valence-corrected chi connectivity index (χ2v) is 24.7. The van der Waals surface area contributed by atoms with Crippen molar-refractivity contribution in [2.75, 3.05) is 59.2 Å². The Bertz CT molecular complexity index is 2890. The van der Waals surface area contributed by atoms with E-state index in [4.69, 9.17) is 60.2 Å². The molecular weight excluding hydrogens is 1410 g/mol. The number of carboxylic acids is 3. The molecule has 0 aromatic heterocycles. The van der Waals surface area contributed by atoms with Crippen LogP contribution in [0.2, 0.25) is 0 Å². The first-order valence-corrected chi connectivity index (χ1v) is 32.8. The van der Waals surface area contributed by atoms with Gasteiger partial charge in [-0.1, -0.05) is 0 Å². The van der Waals surface area contributed by atoms with Gasteiger partial charge < -0.3 is 174 Å². The first kappa shape index (κ1) is 89.0. The zero-order valence-corrected chi connectivity index (χ0v) is 56.7. The van der Waals surface area contributed by atoms with Crippen molar-refractivity contribution in [2.45, 2.75) is 231 Å². The zero-order chi connectivity index (χ0) is 78.0. The molecule has 46 heteroatoms. The first-order valence-electron chi connectivity index (χ1n) is 32.8. The van der Waals surface area contributed by atoms with Gasteiger partial charge in [0, 0.05) is 39.8 Å². The minimum absolute atomic E-state index is 0.0122. The van der Waals surface area contributed by atoms with Crippen molar-refractivity contribution in [1.82, 2.24) is 42.5 Å². The number of guanidine groups is 1. The molecule has 4 rings (SSSR count). The summed E-state index contributed by atoms with van der Waals surface area (Å²) >= 11 is 0. The highest BCUT2D eigenvalue weighted by molar-refractivity contribution is 5.95. The zero-order valence-electron chi connectivity index (χ0n) is 56.7. The molecule has 0 unspecified atom stereocenters. The third-order valence-electron chi connectivity index (χ3n) is 16.6. The lowest BCUT2D eigenvalue weighted by Gasteiger charge is -2.51. The quantitative estimate of drug-likeness (QED) is 0.0153. The summed E-state index contributed by atoms with van der Waals surface area (Å²) in [5, 5.41) is 176. The number of aliphatic hydroxyl groups is 12. The van der Waals surface area contributed by atoms with Gasteiger partial charge in [0.1, 0.15) is 104 Å². The summed E-state index contributed by atoms with van der Waals surface area (Å²) in [6, 6.07) is -9.57. The molecule has 0 aliphatic carbocycles. The lowest BCUT2D eigenvalue weighted by Crippen LogP contribution is -2.71. The summed E-state index contributed by atoms with van der Waals surface area (Å²) in [6.07, 6.45) is -37.4. The number of nitrogens with one attached hydrogen (secondary N) is 8. The number of nitrogens with two attached hydrogens (primary N) is 3. The summed E-state index contributed by atoms with van der Waals surface area (Å²) in [4.78, 5) is 142. The van der Waals surface area contributed by atoms with Gasteiger partial charge in [-0.15, -0.1) is 0 Å². The largest absolute Gasteiger partial charge is 0.481 e. The summed E-state index contributed by atoms with van der Waals surface area (Å²) in [5.74, 6) is -16.0. The molecule has 0 saturated carbocycles. The molecule has 0 radical (unpaired) electrons. The number of hydrogen-bond donors (Lipinski definition) is 26. The maximum Gasteiger partial charge on any atom is 0.364 e. The van der Waals surface area contributed by atoms with Crippen molar-refractivity contribution < 1.29 is 167 Å². The van der Waals surface area contributed by atoms with Crippen molar-refractivity contribution in [3.63, 3.8) is 0 Å². The number of carbonyl (C=O) groups is 11. The van der Waals surface area contributed by atoms with E-state index in [1.54, 1.807) is 0 Å². The number of nitrogens with zero attached hydrogens (tertiary/aromatic N) is 1. The predicted molar refractivity (Wildman–Crippen MR) is 339 cm³/mol. The number of amides is 8. The Hall–Kier alpha value is -7.40.